The van der Waals surface area contributed by atoms with Crippen molar-refractivity contribution in [3.8, 4) is 0 Å². The van der Waals surface area contributed by atoms with E-state index in [2.05, 4.69) is 28.1 Å². The first kappa shape index (κ1) is 27.0. The molecule has 0 amide bonds. The molecular formula is C11H18N5O15P3. The molecule has 20 nitrogen and oxygen atoms in total. The number of H-pyrrole nitrogens is 1. The average Bonchev–Trinajstić information content (AvgIpc) is 3.18. The molecule has 2 aromatic rings. The highest BCUT2D eigenvalue weighted by atomic mass is 31.3. The van der Waals surface area contributed by atoms with Crippen molar-refractivity contribution >= 4 is 40.6 Å². The van der Waals surface area contributed by atoms with E-state index in [1.54, 1.807) is 0 Å². The molecule has 3 heterocycles. The van der Waals surface area contributed by atoms with E-state index >= 15 is 0 Å². The van der Waals surface area contributed by atoms with Gasteiger partial charge in [-0.1, -0.05) is 0 Å². The van der Waals surface area contributed by atoms with Crippen LogP contribution in [-0.4, -0.2) is 81.3 Å². The van der Waals surface area contributed by atoms with Gasteiger partial charge in [0, 0.05) is 7.11 Å². The Morgan fingerprint density at radius 1 is 1.21 bits per heavy atom. The number of ether oxygens (including phenoxy) is 2. The number of nitrogens with two attached hydrogens (primary N) is 1. The Labute approximate surface area is 187 Å². The molecule has 34 heavy (non-hydrogen) atoms. The molecule has 0 bridgehead atoms. The number of nitrogen functional groups attached to an aromatic ring is 1. The summed E-state index contributed by atoms with van der Waals surface area (Å²) >= 11 is 0. The summed E-state index contributed by atoms with van der Waals surface area (Å²) in [6, 6.07) is 0. The monoisotopic (exact) mass is 553 g/mol. The second-order valence-corrected chi connectivity index (χ2v) is 11.0. The lowest BCUT2D eigenvalue weighted by Crippen LogP contribution is -2.47. The van der Waals surface area contributed by atoms with Crippen LogP contribution in [0.4, 0.5) is 5.95 Å². The Hall–Kier alpha value is -1.60. The Morgan fingerprint density at radius 2 is 1.85 bits per heavy atom. The molecule has 23 heteroatoms. The lowest BCUT2D eigenvalue weighted by Gasteiger charge is -2.31. The fourth-order valence-corrected chi connectivity index (χ4v) is 6.03. The number of imidazole rings is 1. The summed E-state index contributed by atoms with van der Waals surface area (Å²) in [7, 11) is -15.9. The maximum atomic E-state index is 12.0. The van der Waals surface area contributed by atoms with Gasteiger partial charge in [-0.2, -0.15) is 13.6 Å². The van der Waals surface area contributed by atoms with Crippen LogP contribution in [0.25, 0.3) is 11.2 Å². The van der Waals surface area contributed by atoms with Crippen LogP contribution in [0.1, 0.15) is 0 Å². The summed E-state index contributed by atoms with van der Waals surface area (Å²) in [5, 5.41) is 20.9. The molecule has 0 radical (unpaired) electrons. The Bertz CT molecular complexity index is 1270. The van der Waals surface area contributed by atoms with Crippen LogP contribution in [0.2, 0.25) is 0 Å². The maximum absolute atomic E-state index is 12.0. The molecular weight excluding hydrogens is 535 g/mol. The third-order valence-electron chi connectivity index (χ3n) is 4.27. The van der Waals surface area contributed by atoms with Crippen molar-refractivity contribution in [2.75, 3.05) is 19.5 Å². The van der Waals surface area contributed by atoms with Crippen LogP contribution < -0.4 is 11.3 Å². The maximum Gasteiger partial charge on any atom is 0.490 e. The lowest BCUT2D eigenvalue weighted by molar-refractivity contribution is -0.301. The standard InChI is InChI=1S/C11H18N5O15P3/c1-27-11(16-3-13-5-8(16)14-10(12)15-9(5)19)7(18)6(17)4(29-11)2-28-33(23,24)31-34(25,26)30-32(20,21)22/h3-4,6-7,17-18H,2H2,1H3,(H,23,24)(H,25,26)(H2,20,21,22)(H3,12,14,15,19)/t4-,6-,7-,11-/m1/s1. The minimum atomic E-state index is -5.78. The number of phosphoric acid groups is 3. The number of aromatic nitrogens is 4. The number of rotatable bonds is 9. The normalized spacial score (nSPS) is 29.2. The second kappa shape index (κ2) is 9.12. The number of fused-ring (bicyclic) bond motifs is 1. The predicted molar refractivity (Wildman–Crippen MR) is 104 cm³/mol. The summed E-state index contributed by atoms with van der Waals surface area (Å²) in [4.78, 5) is 57.7. The van der Waals surface area contributed by atoms with Gasteiger partial charge in [-0.3, -0.25) is 18.9 Å². The van der Waals surface area contributed by atoms with Crippen molar-refractivity contribution in [1.29, 1.82) is 0 Å². The summed E-state index contributed by atoms with van der Waals surface area (Å²) in [6.07, 6.45) is -4.57. The van der Waals surface area contributed by atoms with Gasteiger partial charge in [0.2, 0.25) is 5.95 Å². The number of hydrogen-bond acceptors (Lipinski definition) is 14. The SMILES string of the molecule is CO[C@@]1(n2cnc3c(=O)[nH]c(N)nc32)O[C@H](COP(=O)(O)OP(=O)(O)OP(=O)(O)O)[C@@H](O)[C@H]1O. The number of aliphatic hydroxyl groups is 2. The average molecular weight is 553 g/mol. The van der Waals surface area contributed by atoms with Gasteiger partial charge < -0.3 is 45.0 Å². The Balaban J connectivity index is 1.83. The molecule has 2 aromatic heterocycles. The summed E-state index contributed by atoms with van der Waals surface area (Å²) < 4.78 is 57.1. The fraction of sp³-hybridized carbons (Fsp3) is 0.545. The van der Waals surface area contributed by atoms with E-state index < -0.39 is 59.9 Å². The minimum absolute atomic E-state index is 0.233. The Kier molecular flexibility index (Phi) is 7.24. The van der Waals surface area contributed by atoms with Gasteiger partial charge in [0.15, 0.2) is 17.3 Å². The highest BCUT2D eigenvalue weighted by molar-refractivity contribution is 7.66. The first-order chi connectivity index (χ1) is 15.5. The molecule has 1 aliphatic heterocycles. The molecule has 0 aliphatic carbocycles. The highest BCUT2D eigenvalue weighted by Crippen LogP contribution is 2.66. The third kappa shape index (κ3) is 5.46. The quantitative estimate of drug-likeness (QED) is 0.148. The molecule has 0 saturated carbocycles. The number of nitrogens with one attached hydrogen (secondary N) is 1. The van der Waals surface area contributed by atoms with Crippen LogP contribution in [0.3, 0.4) is 0 Å². The van der Waals surface area contributed by atoms with Crippen LogP contribution in [0, 0.1) is 0 Å². The summed E-state index contributed by atoms with van der Waals surface area (Å²) in [6.45, 7) is -1.10. The first-order valence-corrected chi connectivity index (χ1v) is 13.1. The molecule has 1 aliphatic rings. The first-order valence-electron chi connectivity index (χ1n) is 8.61. The third-order valence-corrected chi connectivity index (χ3v) is 8.07. The number of phosphoric ester groups is 1. The number of anilines is 1. The molecule has 1 fully saturated rings. The molecule has 9 N–H and O–H groups in total. The molecule has 0 aromatic carbocycles. The highest BCUT2D eigenvalue weighted by Gasteiger charge is 2.58. The molecule has 1 saturated heterocycles. The van der Waals surface area contributed by atoms with Crippen molar-refractivity contribution in [2.24, 2.45) is 0 Å². The van der Waals surface area contributed by atoms with Gasteiger partial charge in [-0.15, -0.1) is 0 Å². The zero-order valence-electron chi connectivity index (χ0n) is 16.6. The zero-order chi connectivity index (χ0) is 25.7. The van der Waals surface area contributed by atoms with Crippen molar-refractivity contribution in [3.63, 3.8) is 0 Å². The van der Waals surface area contributed by atoms with Gasteiger partial charge in [0.1, 0.15) is 18.5 Å². The van der Waals surface area contributed by atoms with E-state index in [1.165, 1.54) is 0 Å². The van der Waals surface area contributed by atoms with Crippen LogP contribution in [0.15, 0.2) is 11.1 Å². The largest absolute Gasteiger partial charge is 0.490 e. The minimum Gasteiger partial charge on any atom is -0.387 e. The fourth-order valence-electron chi connectivity index (χ4n) is 3.00. The Morgan fingerprint density at radius 3 is 2.44 bits per heavy atom. The molecule has 2 unspecified atom stereocenters. The van der Waals surface area contributed by atoms with Crippen LogP contribution in [-0.2, 0) is 42.2 Å². The molecule has 3 rings (SSSR count). The van der Waals surface area contributed by atoms with Crippen molar-refractivity contribution in [2.45, 2.75) is 24.2 Å². The van der Waals surface area contributed by atoms with Gasteiger partial charge in [-0.25, -0.2) is 18.7 Å². The van der Waals surface area contributed by atoms with Gasteiger partial charge in [0.25, 0.3) is 11.5 Å². The van der Waals surface area contributed by atoms with E-state index in [0.29, 0.717) is 0 Å². The molecule has 6 atom stereocenters. The van der Waals surface area contributed by atoms with Crippen LogP contribution >= 0.6 is 23.5 Å². The van der Waals surface area contributed by atoms with E-state index in [1.807, 2.05) is 0 Å². The molecule has 192 valence electrons. The zero-order valence-corrected chi connectivity index (χ0v) is 19.3. The van der Waals surface area contributed by atoms with Gasteiger partial charge in [-0.05, 0) is 0 Å². The topological polar surface area (TPSA) is 308 Å². The van der Waals surface area contributed by atoms with E-state index in [4.69, 9.17) is 25.0 Å². The number of methoxy groups -OCH3 is 1. The number of hydrogen-bond donors (Lipinski definition) is 8. The smallest absolute Gasteiger partial charge is 0.387 e. The number of aromatic amines is 1. The lowest BCUT2D eigenvalue weighted by atomic mass is 10.1. The van der Waals surface area contributed by atoms with Gasteiger partial charge >= 0.3 is 23.5 Å². The van der Waals surface area contributed by atoms with E-state index in [9.17, 15) is 38.5 Å². The molecule has 0 spiro atoms. The predicted octanol–water partition coefficient (Wildman–Crippen LogP) is -2.58. The van der Waals surface area contributed by atoms with Crippen molar-refractivity contribution in [3.05, 3.63) is 16.7 Å². The second-order valence-electron chi connectivity index (χ2n) is 6.55. The number of aliphatic hydroxyl groups excluding tert-OH is 2. The number of nitrogens with zero attached hydrogens (tertiary/aromatic N) is 3. The van der Waals surface area contributed by atoms with E-state index in [-0.39, 0.29) is 17.1 Å². The van der Waals surface area contributed by atoms with Gasteiger partial charge in [0.05, 0.1) is 6.61 Å². The van der Waals surface area contributed by atoms with Crippen molar-refractivity contribution in [1.82, 2.24) is 19.5 Å². The summed E-state index contributed by atoms with van der Waals surface area (Å²) in [5.41, 5.74) is 4.29. The van der Waals surface area contributed by atoms with Crippen LogP contribution in [0.5, 0.6) is 0 Å². The summed E-state index contributed by atoms with van der Waals surface area (Å²) in [5.74, 6) is -2.64. The van der Waals surface area contributed by atoms with Crippen molar-refractivity contribution < 1.29 is 66.1 Å². The van der Waals surface area contributed by atoms with E-state index in [0.717, 1.165) is 18.0 Å².